The molecule has 2 rings (SSSR count). The number of hydrogen-bond acceptors (Lipinski definition) is 3. The molecule has 0 spiro atoms. The largest absolute Gasteiger partial charge is 0.444 e. The number of nitrogens with zero attached hydrogens (tertiary/aromatic N) is 1. The highest BCUT2D eigenvalue weighted by molar-refractivity contribution is 5.84. The Morgan fingerprint density at radius 2 is 1.77 bits per heavy atom. The summed E-state index contributed by atoms with van der Waals surface area (Å²) >= 11 is 0. The van der Waals surface area contributed by atoms with E-state index in [1.807, 2.05) is 51.1 Å². The molecular weight excluding hydrogens is 276 g/mol. The average molecular weight is 294 g/mol. The van der Waals surface area contributed by atoms with Gasteiger partial charge in [0.05, 0.1) is 11.9 Å². The molecule has 0 fully saturated rings. The zero-order valence-corrected chi connectivity index (χ0v) is 12.9. The van der Waals surface area contributed by atoms with Crippen LogP contribution in [0.5, 0.6) is 0 Å². The van der Waals surface area contributed by atoms with Crippen molar-refractivity contribution in [1.82, 2.24) is 4.98 Å². The molecule has 0 unspecified atom stereocenters. The number of benzene rings is 1. The van der Waals surface area contributed by atoms with Gasteiger partial charge in [-0.25, -0.2) is 4.79 Å². The smallest absolute Gasteiger partial charge is 0.412 e. The van der Waals surface area contributed by atoms with Crippen molar-refractivity contribution < 1.29 is 9.53 Å². The number of pyridine rings is 1. The van der Waals surface area contributed by atoms with Crippen LogP contribution < -0.4 is 5.32 Å². The van der Waals surface area contributed by atoms with Crippen LogP contribution in [0.2, 0.25) is 0 Å². The highest BCUT2D eigenvalue weighted by Crippen LogP contribution is 2.12. The minimum Gasteiger partial charge on any atom is -0.444 e. The topological polar surface area (TPSA) is 51.2 Å². The molecule has 1 N–H and O–H groups in total. The summed E-state index contributed by atoms with van der Waals surface area (Å²) in [4.78, 5) is 15.8. The van der Waals surface area contributed by atoms with Gasteiger partial charge in [-0.05, 0) is 39.0 Å². The van der Waals surface area contributed by atoms with Crippen molar-refractivity contribution in [3.63, 3.8) is 0 Å². The van der Waals surface area contributed by atoms with E-state index in [0.717, 1.165) is 11.1 Å². The molecular formula is C18H18N2O2. The number of amides is 1. The van der Waals surface area contributed by atoms with E-state index in [0.29, 0.717) is 5.69 Å². The van der Waals surface area contributed by atoms with Crippen LogP contribution in [0.25, 0.3) is 0 Å². The molecule has 2 aromatic rings. The molecule has 1 aromatic heterocycles. The maximum atomic E-state index is 11.7. The Hall–Kier alpha value is -2.80. The van der Waals surface area contributed by atoms with E-state index < -0.39 is 11.7 Å². The molecule has 0 saturated heterocycles. The van der Waals surface area contributed by atoms with Gasteiger partial charge < -0.3 is 4.74 Å². The lowest BCUT2D eigenvalue weighted by Crippen LogP contribution is -2.27. The molecule has 4 nitrogen and oxygen atoms in total. The highest BCUT2D eigenvalue weighted by Gasteiger charge is 2.16. The summed E-state index contributed by atoms with van der Waals surface area (Å²) in [7, 11) is 0. The van der Waals surface area contributed by atoms with Gasteiger partial charge in [0.1, 0.15) is 5.60 Å². The molecule has 1 amide bonds. The van der Waals surface area contributed by atoms with Gasteiger partial charge in [-0.15, -0.1) is 0 Å². The van der Waals surface area contributed by atoms with Crippen molar-refractivity contribution in [2.45, 2.75) is 26.4 Å². The van der Waals surface area contributed by atoms with Crippen molar-refractivity contribution in [2.24, 2.45) is 0 Å². The molecule has 0 aliphatic heterocycles. The second-order valence-electron chi connectivity index (χ2n) is 5.71. The zero-order valence-electron chi connectivity index (χ0n) is 12.9. The van der Waals surface area contributed by atoms with Gasteiger partial charge in [0.15, 0.2) is 0 Å². The Morgan fingerprint density at radius 1 is 1.09 bits per heavy atom. The van der Waals surface area contributed by atoms with Crippen LogP contribution in [0.4, 0.5) is 10.5 Å². The summed E-state index contributed by atoms with van der Waals surface area (Å²) in [6, 6.07) is 11.4. The Kier molecular flexibility index (Phi) is 4.80. The first-order valence-electron chi connectivity index (χ1n) is 6.94. The van der Waals surface area contributed by atoms with Gasteiger partial charge in [0, 0.05) is 17.3 Å². The molecule has 112 valence electrons. The zero-order chi connectivity index (χ0) is 16.0. The molecule has 1 heterocycles. The molecule has 0 atom stereocenters. The van der Waals surface area contributed by atoms with Crippen molar-refractivity contribution >= 4 is 11.8 Å². The number of rotatable bonds is 1. The molecule has 22 heavy (non-hydrogen) atoms. The van der Waals surface area contributed by atoms with E-state index in [2.05, 4.69) is 22.1 Å². The average Bonchev–Trinajstić information content (AvgIpc) is 2.44. The fourth-order valence-electron chi connectivity index (χ4n) is 1.66. The molecule has 0 aliphatic carbocycles. The van der Waals surface area contributed by atoms with E-state index in [4.69, 9.17) is 4.74 Å². The van der Waals surface area contributed by atoms with E-state index in [-0.39, 0.29) is 0 Å². The first-order chi connectivity index (χ1) is 10.4. The lowest BCUT2D eigenvalue weighted by Gasteiger charge is -2.19. The summed E-state index contributed by atoms with van der Waals surface area (Å²) in [5, 5.41) is 2.65. The van der Waals surface area contributed by atoms with Crippen LogP contribution in [0, 0.1) is 11.8 Å². The Morgan fingerprint density at radius 3 is 2.45 bits per heavy atom. The number of nitrogens with one attached hydrogen (secondary N) is 1. The third-order valence-electron chi connectivity index (χ3n) is 2.51. The third-order valence-corrected chi connectivity index (χ3v) is 2.51. The summed E-state index contributed by atoms with van der Waals surface area (Å²) in [5.74, 6) is 6.06. The first-order valence-corrected chi connectivity index (χ1v) is 6.94. The molecule has 0 bridgehead atoms. The van der Waals surface area contributed by atoms with Gasteiger partial charge in [-0.1, -0.05) is 30.0 Å². The first kappa shape index (κ1) is 15.6. The van der Waals surface area contributed by atoms with E-state index >= 15 is 0 Å². The standard InChI is InChI=1S/C18H18N2O2/c1-18(2,3)22-17(21)20-16-11-15(12-19-13-16)10-9-14-7-5-4-6-8-14/h4-8,11-13H,1-3H3,(H,20,21). The number of carbonyl (C=O) groups is 1. The van der Waals surface area contributed by atoms with Crippen molar-refractivity contribution in [2.75, 3.05) is 5.32 Å². The maximum Gasteiger partial charge on any atom is 0.412 e. The Bertz CT molecular complexity index is 707. The van der Waals surface area contributed by atoms with Crippen molar-refractivity contribution in [3.05, 3.63) is 59.9 Å². The van der Waals surface area contributed by atoms with Crippen LogP contribution in [-0.4, -0.2) is 16.7 Å². The number of anilines is 1. The number of ether oxygens (including phenoxy) is 1. The van der Waals surface area contributed by atoms with Gasteiger partial charge >= 0.3 is 6.09 Å². The Balaban J connectivity index is 2.08. The second kappa shape index (κ2) is 6.77. The van der Waals surface area contributed by atoms with E-state index in [1.54, 1.807) is 18.5 Å². The molecule has 4 heteroatoms. The Labute approximate surface area is 130 Å². The quantitative estimate of drug-likeness (QED) is 0.813. The fourth-order valence-corrected chi connectivity index (χ4v) is 1.66. The lowest BCUT2D eigenvalue weighted by atomic mass is 10.2. The SMILES string of the molecule is CC(C)(C)OC(=O)Nc1cncc(C#Cc2ccccc2)c1. The number of aromatic nitrogens is 1. The van der Waals surface area contributed by atoms with Crippen molar-refractivity contribution in [3.8, 4) is 11.8 Å². The predicted octanol–water partition coefficient (Wildman–Crippen LogP) is 3.83. The van der Waals surface area contributed by atoms with Crippen LogP contribution in [0.3, 0.4) is 0 Å². The highest BCUT2D eigenvalue weighted by atomic mass is 16.6. The minimum absolute atomic E-state index is 0.512. The van der Waals surface area contributed by atoms with Gasteiger partial charge in [0.2, 0.25) is 0 Å². The number of hydrogen-bond donors (Lipinski definition) is 1. The van der Waals surface area contributed by atoms with Crippen LogP contribution in [0.1, 0.15) is 31.9 Å². The molecule has 0 radical (unpaired) electrons. The van der Waals surface area contributed by atoms with Crippen LogP contribution in [-0.2, 0) is 4.74 Å². The van der Waals surface area contributed by atoms with Gasteiger partial charge in [-0.2, -0.15) is 0 Å². The van der Waals surface area contributed by atoms with Crippen molar-refractivity contribution in [1.29, 1.82) is 0 Å². The minimum atomic E-state index is -0.539. The monoisotopic (exact) mass is 294 g/mol. The van der Waals surface area contributed by atoms with Crippen LogP contribution >= 0.6 is 0 Å². The summed E-state index contributed by atoms with van der Waals surface area (Å²) in [5.41, 5.74) is 1.65. The van der Waals surface area contributed by atoms with Gasteiger partial charge in [-0.3, -0.25) is 10.3 Å². The summed E-state index contributed by atoms with van der Waals surface area (Å²) < 4.78 is 5.20. The van der Waals surface area contributed by atoms with E-state index in [9.17, 15) is 4.79 Å². The maximum absolute atomic E-state index is 11.7. The second-order valence-corrected chi connectivity index (χ2v) is 5.71. The third kappa shape index (κ3) is 5.29. The van der Waals surface area contributed by atoms with Gasteiger partial charge in [0.25, 0.3) is 0 Å². The lowest BCUT2D eigenvalue weighted by molar-refractivity contribution is 0.0636. The summed E-state index contributed by atoms with van der Waals surface area (Å²) in [6.07, 6.45) is 2.69. The number of carbonyl (C=O) groups excluding carboxylic acids is 1. The summed E-state index contributed by atoms with van der Waals surface area (Å²) in [6.45, 7) is 5.44. The van der Waals surface area contributed by atoms with Crippen LogP contribution in [0.15, 0.2) is 48.8 Å². The predicted molar refractivity (Wildman–Crippen MR) is 86.5 cm³/mol. The normalized spacial score (nSPS) is 10.3. The molecule has 1 aromatic carbocycles. The van der Waals surface area contributed by atoms with E-state index in [1.165, 1.54) is 0 Å². The molecule has 0 aliphatic rings. The molecule has 0 saturated carbocycles. The fraction of sp³-hybridized carbons (Fsp3) is 0.222.